The zero-order valence-corrected chi connectivity index (χ0v) is 7.58. The van der Waals surface area contributed by atoms with Gasteiger partial charge in [0.15, 0.2) is 0 Å². The van der Waals surface area contributed by atoms with Crippen LogP contribution in [0.4, 0.5) is 0 Å². The smallest absolute Gasteiger partial charge is 0.137 e. The minimum atomic E-state index is 0.122. The normalized spacial score (nSPS) is 9.62. The number of nitrogens with two attached hydrogens (primary N) is 1. The van der Waals surface area contributed by atoms with Gasteiger partial charge in [0.1, 0.15) is 5.75 Å². The van der Waals surface area contributed by atoms with Crippen LogP contribution in [0.2, 0.25) is 0 Å². The molecule has 1 rings (SSSR count). The van der Waals surface area contributed by atoms with E-state index in [0.29, 0.717) is 13.0 Å². The van der Waals surface area contributed by atoms with Gasteiger partial charge in [-0.15, -0.1) is 0 Å². The predicted molar refractivity (Wildman–Crippen MR) is 51.0 cm³/mol. The molecule has 4 heteroatoms. The van der Waals surface area contributed by atoms with Crippen molar-refractivity contribution >= 4 is 5.84 Å². The van der Waals surface area contributed by atoms with E-state index >= 15 is 0 Å². The highest BCUT2D eigenvalue weighted by atomic mass is 16.5. The summed E-state index contributed by atoms with van der Waals surface area (Å²) < 4.78 is 5.22. The maximum absolute atomic E-state index is 7.07. The van der Waals surface area contributed by atoms with Gasteiger partial charge in [-0.2, -0.15) is 0 Å². The van der Waals surface area contributed by atoms with Crippen LogP contribution in [0.25, 0.3) is 0 Å². The standard InChI is InChI=1S/C9H13N3O/c1-2-13-8-4-3-7(12-6-8)5-9(10)11/h3-4,6H,2,5H2,1H3,(H3,10,11). The summed E-state index contributed by atoms with van der Waals surface area (Å²) in [6.45, 7) is 2.55. The highest BCUT2D eigenvalue weighted by Gasteiger charge is 1.97. The molecule has 0 saturated carbocycles. The zero-order valence-electron chi connectivity index (χ0n) is 7.58. The van der Waals surface area contributed by atoms with Crippen molar-refractivity contribution < 1.29 is 4.74 Å². The van der Waals surface area contributed by atoms with Crippen molar-refractivity contribution in [2.45, 2.75) is 13.3 Å². The molecule has 70 valence electrons. The second-order valence-electron chi connectivity index (χ2n) is 2.62. The number of pyridine rings is 1. The minimum absolute atomic E-state index is 0.122. The molecular weight excluding hydrogens is 166 g/mol. The van der Waals surface area contributed by atoms with Gasteiger partial charge in [0.25, 0.3) is 0 Å². The van der Waals surface area contributed by atoms with Crippen LogP contribution in [0.15, 0.2) is 18.3 Å². The molecule has 0 spiro atoms. The summed E-state index contributed by atoms with van der Waals surface area (Å²) in [5.74, 6) is 0.867. The maximum atomic E-state index is 7.07. The van der Waals surface area contributed by atoms with Gasteiger partial charge in [-0.25, -0.2) is 0 Å². The van der Waals surface area contributed by atoms with Gasteiger partial charge in [-0.1, -0.05) is 0 Å². The van der Waals surface area contributed by atoms with Gasteiger partial charge in [0, 0.05) is 12.1 Å². The molecule has 13 heavy (non-hydrogen) atoms. The first-order valence-corrected chi connectivity index (χ1v) is 4.13. The fourth-order valence-corrected chi connectivity index (χ4v) is 0.963. The van der Waals surface area contributed by atoms with Crippen molar-refractivity contribution in [2.24, 2.45) is 5.73 Å². The molecule has 0 unspecified atom stereocenters. The molecule has 1 heterocycles. The third-order valence-electron chi connectivity index (χ3n) is 1.48. The summed E-state index contributed by atoms with van der Waals surface area (Å²) in [5, 5.41) is 7.07. The molecule has 3 N–H and O–H groups in total. The Labute approximate surface area is 77.2 Å². The van der Waals surface area contributed by atoms with Gasteiger partial charge >= 0.3 is 0 Å². The van der Waals surface area contributed by atoms with E-state index in [1.165, 1.54) is 0 Å². The predicted octanol–water partition coefficient (Wildman–Crippen LogP) is 0.959. The van der Waals surface area contributed by atoms with Crippen LogP contribution in [0.5, 0.6) is 5.75 Å². The Morgan fingerprint density at radius 2 is 2.38 bits per heavy atom. The van der Waals surface area contributed by atoms with Crippen molar-refractivity contribution in [3.05, 3.63) is 24.0 Å². The molecular formula is C9H13N3O. The molecule has 0 aromatic carbocycles. The Morgan fingerprint density at radius 1 is 1.62 bits per heavy atom. The SMILES string of the molecule is CCOc1ccc(CC(=N)N)nc1. The van der Waals surface area contributed by atoms with E-state index in [4.69, 9.17) is 15.9 Å². The summed E-state index contributed by atoms with van der Waals surface area (Å²) in [6, 6.07) is 3.64. The molecule has 4 nitrogen and oxygen atoms in total. The lowest BCUT2D eigenvalue weighted by Crippen LogP contribution is -2.13. The van der Waals surface area contributed by atoms with Crippen LogP contribution in [0.1, 0.15) is 12.6 Å². The Bertz CT molecular complexity index is 281. The summed E-state index contributed by atoms with van der Waals surface area (Å²) in [5.41, 5.74) is 6.02. The lowest BCUT2D eigenvalue weighted by atomic mass is 10.2. The summed E-state index contributed by atoms with van der Waals surface area (Å²) in [6.07, 6.45) is 2.04. The topological polar surface area (TPSA) is 72.0 Å². The monoisotopic (exact) mass is 179 g/mol. The van der Waals surface area contributed by atoms with Crippen LogP contribution in [-0.2, 0) is 6.42 Å². The molecule has 0 radical (unpaired) electrons. The molecule has 0 aliphatic carbocycles. The molecule has 0 aliphatic heterocycles. The van der Waals surface area contributed by atoms with Crippen LogP contribution in [-0.4, -0.2) is 17.4 Å². The number of nitrogens with one attached hydrogen (secondary N) is 1. The quantitative estimate of drug-likeness (QED) is 0.534. The lowest BCUT2D eigenvalue weighted by Gasteiger charge is -2.02. The van der Waals surface area contributed by atoms with Gasteiger partial charge in [0.2, 0.25) is 0 Å². The van der Waals surface area contributed by atoms with Crippen LogP contribution in [0, 0.1) is 5.41 Å². The summed E-state index contributed by atoms with van der Waals surface area (Å²) in [7, 11) is 0. The fourth-order valence-electron chi connectivity index (χ4n) is 0.963. The van der Waals surface area contributed by atoms with Crippen LogP contribution < -0.4 is 10.5 Å². The molecule has 0 saturated heterocycles. The number of amidine groups is 1. The largest absolute Gasteiger partial charge is 0.492 e. The number of rotatable bonds is 4. The molecule has 0 fully saturated rings. The number of hydrogen-bond donors (Lipinski definition) is 2. The van der Waals surface area contributed by atoms with Crippen LogP contribution >= 0.6 is 0 Å². The highest BCUT2D eigenvalue weighted by molar-refractivity contribution is 5.78. The molecule has 0 bridgehead atoms. The fraction of sp³-hybridized carbons (Fsp3) is 0.333. The van der Waals surface area contributed by atoms with Gasteiger partial charge < -0.3 is 10.5 Å². The molecule has 0 atom stereocenters. The van der Waals surface area contributed by atoms with E-state index < -0.39 is 0 Å². The Morgan fingerprint density at radius 3 is 2.85 bits per heavy atom. The number of nitrogens with zero attached hydrogens (tertiary/aromatic N) is 1. The van der Waals surface area contributed by atoms with E-state index in [2.05, 4.69) is 4.98 Å². The zero-order chi connectivity index (χ0) is 9.68. The van der Waals surface area contributed by atoms with Crippen molar-refractivity contribution in [3.8, 4) is 5.75 Å². The van der Waals surface area contributed by atoms with E-state index in [1.807, 2.05) is 19.1 Å². The summed E-state index contributed by atoms with van der Waals surface area (Å²) in [4.78, 5) is 4.09. The van der Waals surface area contributed by atoms with E-state index in [1.54, 1.807) is 6.20 Å². The summed E-state index contributed by atoms with van der Waals surface area (Å²) >= 11 is 0. The maximum Gasteiger partial charge on any atom is 0.137 e. The van der Waals surface area contributed by atoms with Crippen molar-refractivity contribution in [1.29, 1.82) is 5.41 Å². The van der Waals surface area contributed by atoms with Crippen LogP contribution in [0.3, 0.4) is 0 Å². The number of ether oxygens (including phenoxy) is 1. The first-order valence-electron chi connectivity index (χ1n) is 4.13. The van der Waals surface area contributed by atoms with E-state index in [9.17, 15) is 0 Å². The first-order chi connectivity index (χ1) is 6.22. The average Bonchev–Trinajstić information content (AvgIpc) is 2.08. The van der Waals surface area contributed by atoms with Crippen molar-refractivity contribution in [2.75, 3.05) is 6.61 Å². The van der Waals surface area contributed by atoms with Crippen molar-refractivity contribution in [3.63, 3.8) is 0 Å². The molecule has 1 aromatic rings. The van der Waals surface area contributed by atoms with E-state index in [0.717, 1.165) is 11.4 Å². The second kappa shape index (κ2) is 4.45. The number of hydrogen-bond acceptors (Lipinski definition) is 3. The Hall–Kier alpha value is -1.58. The Balaban J connectivity index is 2.64. The first kappa shape index (κ1) is 9.51. The molecule has 1 aromatic heterocycles. The highest BCUT2D eigenvalue weighted by Crippen LogP contribution is 2.08. The third kappa shape index (κ3) is 3.11. The molecule has 0 amide bonds. The number of aromatic nitrogens is 1. The Kier molecular flexibility index (Phi) is 3.25. The van der Waals surface area contributed by atoms with Gasteiger partial charge in [-0.05, 0) is 19.1 Å². The van der Waals surface area contributed by atoms with E-state index in [-0.39, 0.29) is 5.84 Å². The lowest BCUT2D eigenvalue weighted by molar-refractivity contribution is 0.338. The van der Waals surface area contributed by atoms with Gasteiger partial charge in [0.05, 0.1) is 18.6 Å². The molecule has 0 aliphatic rings. The third-order valence-corrected chi connectivity index (χ3v) is 1.48. The second-order valence-corrected chi connectivity index (χ2v) is 2.62. The van der Waals surface area contributed by atoms with Gasteiger partial charge in [-0.3, -0.25) is 10.4 Å². The average molecular weight is 179 g/mol. The van der Waals surface area contributed by atoms with Crippen molar-refractivity contribution in [1.82, 2.24) is 4.98 Å². The minimum Gasteiger partial charge on any atom is -0.492 e.